The van der Waals surface area contributed by atoms with Crippen LogP contribution in [0.15, 0.2) is 48.5 Å². The van der Waals surface area contributed by atoms with Gasteiger partial charge in [0.15, 0.2) is 0 Å². The van der Waals surface area contributed by atoms with Crippen LogP contribution in [-0.4, -0.2) is 13.0 Å². The van der Waals surface area contributed by atoms with Crippen molar-refractivity contribution in [3.8, 4) is 5.75 Å². The third-order valence-electron chi connectivity index (χ3n) is 4.69. The lowest BCUT2D eigenvalue weighted by molar-refractivity contribution is -0.117. The summed E-state index contributed by atoms with van der Waals surface area (Å²) in [5.74, 6) is 1.35. The van der Waals surface area contributed by atoms with Crippen molar-refractivity contribution < 1.29 is 9.53 Å². The molecule has 1 aliphatic rings. The maximum absolute atomic E-state index is 12.4. The Balaban J connectivity index is 1.60. The van der Waals surface area contributed by atoms with Crippen LogP contribution >= 0.6 is 0 Å². The van der Waals surface area contributed by atoms with Crippen molar-refractivity contribution in [1.82, 2.24) is 0 Å². The van der Waals surface area contributed by atoms with Crippen LogP contribution in [0.1, 0.15) is 44.2 Å². The predicted molar refractivity (Wildman–Crippen MR) is 97.6 cm³/mol. The lowest BCUT2D eigenvalue weighted by Crippen LogP contribution is -2.15. The Kier molecular flexibility index (Phi) is 4.35. The van der Waals surface area contributed by atoms with E-state index in [4.69, 9.17) is 4.74 Å². The molecule has 0 bridgehead atoms. The summed E-state index contributed by atoms with van der Waals surface area (Å²) in [5, 5.41) is 3.04. The molecule has 2 unspecified atom stereocenters. The van der Waals surface area contributed by atoms with Gasteiger partial charge >= 0.3 is 0 Å². The van der Waals surface area contributed by atoms with Crippen molar-refractivity contribution in [1.29, 1.82) is 0 Å². The summed E-state index contributed by atoms with van der Waals surface area (Å²) in [4.78, 5) is 12.4. The summed E-state index contributed by atoms with van der Waals surface area (Å²) in [7, 11) is 1.66. The predicted octanol–water partition coefficient (Wildman–Crippen LogP) is 4.73. The molecular weight excluding hydrogens is 298 g/mol. The monoisotopic (exact) mass is 323 g/mol. The second-order valence-electron chi connectivity index (χ2n) is 7.54. The van der Waals surface area contributed by atoms with E-state index in [0.717, 1.165) is 17.9 Å². The molecule has 1 saturated carbocycles. The Morgan fingerprint density at radius 3 is 2.21 bits per heavy atom. The summed E-state index contributed by atoms with van der Waals surface area (Å²) in [6.45, 7) is 6.55. The molecule has 1 N–H and O–H groups in total. The number of ether oxygens (including phenoxy) is 1. The fourth-order valence-corrected chi connectivity index (χ4v) is 2.99. The minimum atomic E-state index is 0.0701. The number of amides is 1. The average Bonchev–Trinajstić information content (AvgIpc) is 3.35. The largest absolute Gasteiger partial charge is 0.497 e. The van der Waals surface area contributed by atoms with E-state index >= 15 is 0 Å². The molecule has 2 aromatic carbocycles. The maximum atomic E-state index is 12.4. The van der Waals surface area contributed by atoms with Gasteiger partial charge in [0, 0.05) is 11.6 Å². The zero-order valence-corrected chi connectivity index (χ0v) is 14.8. The fraction of sp³-hybridized carbons (Fsp3) is 0.381. The number of nitrogens with one attached hydrogen (secondary N) is 1. The minimum absolute atomic E-state index is 0.0701. The average molecular weight is 323 g/mol. The molecule has 0 heterocycles. The molecule has 2 atom stereocenters. The first-order valence-corrected chi connectivity index (χ1v) is 8.44. The zero-order valence-electron chi connectivity index (χ0n) is 14.8. The quantitative estimate of drug-likeness (QED) is 0.883. The van der Waals surface area contributed by atoms with Crippen molar-refractivity contribution >= 4 is 11.6 Å². The van der Waals surface area contributed by atoms with Gasteiger partial charge in [-0.1, -0.05) is 45.0 Å². The molecule has 1 aliphatic carbocycles. The van der Waals surface area contributed by atoms with E-state index in [1.165, 1.54) is 11.1 Å². The third-order valence-corrected chi connectivity index (χ3v) is 4.69. The first-order chi connectivity index (χ1) is 11.4. The van der Waals surface area contributed by atoms with E-state index in [1.54, 1.807) is 7.11 Å². The van der Waals surface area contributed by atoms with Gasteiger partial charge < -0.3 is 10.1 Å². The molecule has 3 rings (SSSR count). The molecule has 0 saturated heterocycles. The Labute approximate surface area is 144 Å². The molecule has 0 spiro atoms. The van der Waals surface area contributed by atoms with Crippen LogP contribution in [0.4, 0.5) is 5.69 Å². The van der Waals surface area contributed by atoms with Gasteiger partial charge in [-0.15, -0.1) is 0 Å². The smallest absolute Gasteiger partial charge is 0.228 e. The summed E-state index contributed by atoms with van der Waals surface area (Å²) in [6, 6.07) is 16.2. The highest BCUT2D eigenvalue weighted by molar-refractivity contribution is 5.95. The molecule has 3 heteroatoms. The van der Waals surface area contributed by atoms with Gasteiger partial charge in [0.25, 0.3) is 0 Å². The molecular formula is C21H25NO2. The van der Waals surface area contributed by atoms with E-state index in [1.807, 2.05) is 24.3 Å². The Morgan fingerprint density at radius 1 is 1.04 bits per heavy atom. The van der Waals surface area contributed by atoms with Crippen molar-refractivity contribution in [3.63, 3.8) is 0 Å². The van der Waals surface area contributed by atoms with Crippen LogP contribution in [0.3, 0.4) is 0 Å². The van der Waals surface area contributed by atoms with Gasteiger partial charge in [0.1, 0.15) is 5.75 Å². The number of hydrogen-bond acceptors (Lipinski definition) is 2. The topological polar surface area (TPSA) is 38.3 Å². The molecule has 1 fully saturated rings. The van der Waals surface area contributed by atoms with Gasteiger partial charge in [-0.3, -0.25) is 4.79 Å². The number of anilines is 1. The molecule has 3 nitrogen and oxygen atoms in total. The Bertz CT molecular complexity index is 711. The van der Waals surface area contributed by atoms with Crippen molar-refractivity contribution in [2.75, 3.05) is 12.4 Å². The van der Waals surface area contributed by atoms with E-state index in [9.17, 15) is 4.79 Å². The van der Waals surface area contributed by atoms with Crippen LogP contribution in [-0.2, 0) is 10.2 Å². The number of benzene rings is 2. The highest BCUT2D eigenvalue weighted by atomic mass is 16.5. The standard InChI is InChI=1S/C21H25NO2/c1-21(2,3)15-7-9-16(10-8-15)22-20(23)19-13-18(19)14-5-11-17(24-4)12-6-14/h5-12,18-19H,13H2,1-4H3,(H,22,23). The van der Waals surface area contributed by atoms with Gasteiger partial charge in [-0.05, 0) is 53.1 Å². The van der Waals surface area contributed by atoms with Gasteiger partial charge in [0.05, 0.1) is 7.11 Å². The zero-order chi connectivity index (χ0) is 17.3. The van der Waals surface area contributed by atoms with Crippen LogP contribution in [0.2, 0.25) is 0 Å². The molecule has 126 valence electrons. The second kappa shape index (κ2) is 6.31. The number of methoxy groups -OCH3 is 1. The highest BCUT2D eigenvalue weighted by Gasteiger charge is 2.43. The van der Waals surface area contributed by atoms with Crippen LogP contribution in [0, 0.1) is 5.92 Å². The molecule has 24 heavy (non-hydrogen) atoms. The fourth-order valence-electron chi connectivity index (χ4n) is 2.99. The van der Waals surface area contributed by atoms with E-state index < -0.39 is 0 Å². The number of carbonyl (C=O) groups is 1. The van der Waals surface area contributed by atoms with E-state index in [-0.39, 0.29) is 17.2 Å². The summed E-state index contributed by atoms with van der Waals surface area (Å²) >= 11 is 0. The maximum Gasteiger partial charge on any atom is 0.228 e. The van der Waals surface area contributed by atoms with Crippen LogP contribution in [0.5, 0.6) is 5.75 Å². The van der Waals surface area contributed by atoms with E-state index in [0.29, 0.717) is 5.92 Å². The molecule has 0 aliphatic heterocycles. The highest BCUT2D eigenvalue weighted by Crippen LogP contribution is 2.48. The number of hydrogen-bond donors (Lipinski definition) is 1. The Morgan fingerprint density at radius 2 is 1.67 bits per heavy atom. The molecule has 0 aromatic heterocycles. The lowest BCUT2D eigenvalue weighted by Gasteiger charge is -2.19. The van der Waals surface area contributed by atoms with Gasteiger partial charge in [-0.25, -0.2) is 0 Å². The van der Waals surface area contributed by atoms with Gasteiger partial charge in [-0.2, -0.15) is 0 Å². The lowest BCUT2D eigenvalue weighted by atomic mass is 9.87. The van der Waals surface area contributed by atoms with Crippen LogP contribution < -0.4 is 10.1 Å². The van der Waals surface area contributed by atoms with E-state index in [2.05, 4.69) is 50.4 Å². The first kappa shape index (κ1) is 16.6. The van der Waals surface area contributed by atoms with Gasteiger partial charge in [0.2, 0.25) is 5.91 Å². The molecule has 0 radical (unpaired) electrons. The summed E-state index contributed by atoms with van der Waals surface area (Å²) in [5.41, 5.74) is 3.47. The number of rotatable bonds is 4. The first-order valence-electron chi connectivity index (χ1n) is 8.44. The summed E-state index contributed by atoms with van der Waals surface area (Å²) < 4.78 is 5.18. The number of carbonyl (C=O) groups excluding carboxylic acids is 1. The second-order valence-corrected chi connectivity index (χ2v) is 7.54. The minimum Gasteiger partial charge on any atom is -0.497 e. The van der Waals surface area contributed by atoms with Crippen molar-refractivity contribution in [2.24, 2.45) is 5.92 Å². The van der Waals surface area contributed by atoms with Crippen molar-refractivity contribution in [3.05, 3.63) is 59.7 Å². The molecule has 1 amide bonds. The Hall–Kier alpha value is -2.29. The summed E-state index contributed by atoms with van der Waals surface area (Å²) in [6.07, 6.45) is 0.915. The molecule has 2 aromatic rings. The normalized spacial score (nSPS) is 19.7. The third kappa shape index (κ3) is 3.61. The van der Waals surface area contributed by atoms with Crippen LogP contribution in [0.25, 0.3) is 0 Å². The SMILES string of the molecule is COc1ccc(C2CC2C(=O)Nc2ccc(C(C)(C)C)cc2)cc1. The van der Waals surface area contributed by atoms with Crippen molar-refractivity contribution in [2.45, 2.75) is 38.5 Å².